The number of hydrogen-bond donors (Lipinski definition) is 1. The van der Waals surface area contributed by atoms with Gasteiger partial charge in [0.1, 0.15) is 5.75 Å². The fourth-order valence-electron chi connectivity index (χ4n) is 3.36. The van der Waals surface area contributed by atoms with Crippen LogP contribution in [0.25, 0.3) is 0 Å². The van der Waals surface area contributed by atoms with Gasteiger partial charge in [0.2, 0.25) is 0 Å². The zero-order valence-corrected chi connectivity index (χ0v) is 18.8. The van der Waals surface area contributed by atoms with Gasteiger partial charge < -0.3 is 9.64 Å². The zero-order chi connectivity index (χ0) is 19.6. The molecule has 1 aliphatic carbocycles. The molecule has 1 aliphatic rings. The smallest absolute Gasteiger partial charge is 0.257 e. The molecule has 4 nitrogen and oxygen atoms in total. The highest BCUT2D eigenvalue weighted by Crippen LogP contribution is 2.26. The van der Waals surface area contributed by atoms with E-state index in [4.69, 9.17) is 17.0 Å². The second-order valence-electron chi connectivity index (χ2n) is 7.22. The molecule has 0 spiro atoms. The molecule has 2 rings (SSSR count). The molecule has 0 saturated heterocycles. The van der Waals surface area contributed by atoms with Gasteiger partial charge in [-0.05, 0) is 65.6 Å². The third-order valence-electron chi connectivity index (χ3n) is 5.11. The normalized spacial score (nSPS) is 14.6. The van der Waals surface area contributed by atoms with Crippen LogP contribution in [0.2, 0.25) is 0 Å². The molecule has 0 aliphatic heterocycles. The minimum atomic E-state index is -0.183. The van der Waals surface area contributed by atoms with Crippen LogP contribution >= 0.6 is 28.1 Å². The SMILES string of the molecule is CCCCCCOc1ccc(C(=O)NC(=S)N(C)C2CCCCC2)cc1Br. The molecule has 1 aromatic carbocycles. The Morgan fingerprint density at radius 2 is 2.00 bits per heavy atom. The van der Waals surface area contributed by atoms with Gasteiger partial charge in [-0.3, -0.25) is 10.1 Å². The maximum absolute atomic E-state index is 12.6. The van der Waals surface area contributed by atoms with Gasteiger partial charge in [0.25, 0.3) is 5.91 Å². The molecule has 0 aromatic heterocycles. The number of carbonyl (C=O) groups is 1. The average molecular weight is 455 g/mol. The molecule has 0 bridgehead atoms. The third-order valence-corrected chi connectivity index (χ3v) is 6.12. The molecule has 0 radical (unpaired) electrons. The number of thiocarbonyl (C=S) groups is 1. The molecule has 1 aromatic rings. The Kier molecular flexibility index (Phi) is 9.56. The Bertz CT molecular complexity index is 633. The summed E-state index contributed by atoms with van der Waals surface area (Å²) < 4.78 is 6.59. The summed E-state index contributed by atoms with van der Waals surface area (Å²) in [7, 11) is 1.98. The molecule has 0 heterocycles. The van der Waals surface area contributed by atoms with Crippen LogP contribution in [-0.2, 0) is 0 Å². The number of nitrogens with one attached hydrogen (secondary N) is 1. The van der Waals surface area contributed by atoms with E-state index in [9.17, 15) is 4.79 Å². The van der Waals surface area contributed by atoms with Crippen molar-refractivity contribution in [2.45, 2.75) is 70.8 Å². The van der Waals surface area contributed by atoms with Gasteiger partial charge in [-0.25, -0.2) is 0 Å². The van der Waals surface area contributed by atoms with Gasteiger partial charge in [-0.1, -0.05) is 45.4 Å². The lowest BCUT2D eigenvalue weighted by molar-refractivity contribution is 0.0971. The largest absolute Gasteiger partial charge is 0.492 e. The summed E-state index contributed by atoms with van der Waals surface area (Å²) in [6.45, 7) is 2.89. The van der Waals surface area contributed by atoms with Gasteiger partial charge >= 0.3 is 0 Å². The van der Waals surface area contributed by atoms with E-state index in [1.54, 1.807) is 12.1 Å². The minimum absolute atomic E-state index is 0.183. The fourth-order valence-corrected chi connectivity index (χ4v) is 4.10. The number of carbonyl (C=O) groups excluding carboxylic acids is 1. The van der Waals surface area contributed by atoms with Crippen molar-refractivity contribution in [2.24, 2.45) is 0 Å². The summed E-state index contributed by atoms with van der Waals surface area (Å²) in [6, 6.07) is 5.85. The van der Waals surface area contributed by atoms with Crippen molar-refractivity contribution in [3.63, 3.8) is 0 Å². The number of rotatable bonds is 8. The van der Waals surface area contributed by atoms with Crippen molar-refractivity contribution in [3.8, 4) is 5.75 Å². The van der Waals surface area contributed by atoms with Gasteiger partial charge in [-0.15, -0.1) is 0 Å². The van der Waals surface area contributed by atoms with Crippen molar-refractivity contribution in [2.75, 3.05) is 13.7 Å². The molecule has 1 amide bonds. The molecule has 150 valence electrons. The predicted octanol–water partition coefficient (Wildman–Crippen LogP) is 5.69. The maximum atomic E-state index is 12.6. The van der Waals surface area contributed by atoms with Crippen LogP contribution in [0.15, 0.2) is 22.7 Å². The number of halogens is 1. The Labute approximate surface area is 177 Å². The number of ether oxygens (including phenoxy) is 1. The minimum Gasteiger partial charge on any atom is -0.492 e. The Morgan fingerprint density at radius 3 is 2.67 bits per heavy atom. The second-order valence-corrected chi connectivity index (χ2v) is 8.46. The van der Waals surface area contributed by atoms with Gasteiger partial charge in [0, 0.05) is 18.7 Å². The van der Waals surface area contributed by atoms with E-state index in [1.807, 2.05) is 18.0 Å². The highest BCUT2D eigenvalue weighted by molar-refractivity contribution is 9.10. The Balaban J connectivity index is 1.86. The van der Waals surface area contributed by atoms with Crippen LogP contribution in [0.1, 0.15) is 75.1 Å². The molecule has 1 saturated carbocycles. The molecule has 1 N–H and O–H groups in total. The summed E-state index contributed by atoms with van der Waals surface area (Å²) in [5.41, 5.74) is 0.569. The van der Waals surface area contributed by atoms with E-state index < -0.39 is 0 Å². The first-order chi connectivity index (χ1) is 13.0. The Morgan fingerprint density at radius 1 is 1.26 bits per heavy atom. The topological polar surface area (TPSA) is 41.6 Å². The molecule has 0 atom stereocenters. The third kappa shape index (κ3) is 7.07. The molecule has 6 heteroatoms. The molecule has 0 unspecified atom stereocenters. The van der Waals surface area contributed by atoms with Crippen molar-refractivity contribution >= 4 is 39.2 Å². The van der Waals surface area contributed by atoms with Crippen molar-refractivity contribution in [1.29, 1.82) is 0 Å². The lowest BCUT2D eigenvalue weighted by Crippen LogP contribution is -2.46. The van der Waals surface area contributed by atoms with E-state index in [-0.39, 0.29) is 5.91 Å². The molecular weight excluding hydrogens is 424 g/mol. The first-order valence-electron chi connectivity index (χ1n) is 10.0. The number of nitrogens with zero attached hydrogens (tertiary/aromatic N) is 1. The summed E-state index contributed by atoms with van der Waals surface area (Å²) in [5.74, 6) is 0.586. The Hall–Kier alpha value is -1.14. The zero-order valence-electron chi connectivity index (χ0n) is 16.4. The van der Waals surface area contributed by atoms with Crippen molar-refractivity contribution in [1.82, 2.24) is 10.2 Å². The van der Waals surface area contributed by atoms with Crippen LogP contribution in [0.4, 0.5) is 0 Å². The summed E-state index contributed by atoms with van der Waals surface area (Å²) in [6.07, 6.45) is 10.7. The van der Waals surface area contributed by atoms with Crippen LogP contribution in [0, 0.1) is 0 Å². The van der Waals surface area contributed by atoms with E-state index in [2.05, 4.69) is 28.2 Å². The van der Waals surface area contributed by atoms with Crippen LogP contribution in [0.3, 0.4) is 0 Å². The lowest BCUT2D eigenvalue weighted by atomic mass is 9.95. The van der Waals surface area contributed by atoms with Gasteiger partial charge in [-0.2, -0.15) is 0 Å². The molecule has 1 fully saturated rings. The monoisotopic (exact) mass is 454 g/mol. The maximum Gasteiger partial charge on any atom is 0.257 e. The first-order valence-corrected chi connectivity index (χ1v) is 11.2. The number of unbranched alkanes of at least 4 members (excludes halogenated alkanes) is 3. The van der Waals surface area contributed by atoms with Gasteiger partial charge in [0.15, 0.2) is 5.11 Å². The highest BCUT2D eigenvalue weighted by atomic mass is 79.9. The molecule has 27 heavy (non-hydrogen) atoms. The lowest BCUT2D eigenvalue weighted by Gasteiger charge is -2.32. The number of hydrogen-bond acceptors (Lipinski definition) is 3. The molecular formula is C21H31BrN2O2S. The predicted molar refractivity (Wildman–Crippen MR) is 118 cm³/mol. The standard InChI is InChI=1S/C21H31BrN2O2S/c1-3-4-5-9-14-26-19-13-12-16(15-18(19)22)20(25)23-21(27)24(2)17-10-7-6-8-11-17/h12-13,15,17H,3-11,14H2,1-2H3,(H,23,25,27). The van der Waals surface area contributed by atoms with Crippen LogP contribution < -0.4 is 10.1 Å². The summed E-state index contributed by atoms with van der Waals surface area (Å²) in [4.78, 5) is 14.6. The first kappa shape index (κ1) is 22.2. The average Bonchev–Trinajstić information content (AvgIpc) is 2.68. The van der Waals surface area contributed by atoms with E-state index in [1.165, 1.54) is 38.5 Å². The van der Waals surface area contributed by atoms with Crippen molar-refractivity contribution in [3.05, 3.63) is 28.2 Å². The highest BCUT2D eigenvalue weighted by Gasteiger charge is 2.21. The quantitative estimate of drug-likeness (QED) is 0.404. The summed E-state index contributed by atoms with van der Waals surface area (Å²) >= 11 is 8.95. The van der Waals surface area contributed by atoms with E-state index >= 15 is 0 Å². The second kappa shape index (κ2) is 11.6. The van der Waals surface area contributed by atoms with E-state index in [0.717, 1.165) is 29.5 Å². The fraction of sp³-hybridized carbons (Fsp3) is 0.619. The van der Waals surface area contributed by atoms with Crippen LogP contribution in [-0.4, -0.2) is 35.6 Å². The van der Waals surface area contributed by atoms with Crippen LogP contribution in [0.5, 0.6) is 5.75 Å². The number of benzene rings is 1. The van der Waals surface area contributed by atoms with E-state index in [0.29, 0.717) is 23.3 Å². The van der Waals surface area contributed by atoms with Crippen molar-refractivity contribution < 1.29 is 9.53 Å². The number of amides is 1. The summed E-state index contributed by atoms with van der Waals surface area (Å²) in [5, 5.41) is 3.36. The van der Waals surface area contributed by atoms with Gasteiger partial charge in [0.05, 0.1) is 11.1 Å².